The van der Waals surface area contributed by atoms with Gasteiger partial charge in [0.15, 0.2) is 0 Å². The van der Waals surface area contributed by atoms with Crippen LogP contribution < -0.4 is 10.2 Å². The Hall–Kier alpha value is -2.18. The number of hydrogen-bond acceptors (Lipinski definition) is 4. The van der Waals surface area contributed by atoms with Crippen LogP contribution in [0.3, 0.4) is 0 Å². The van der Waals surface area contributed by atoms with Gasteiger partial charge in [-0.3, -0.25) is 4.68 Å². The van der Waals surface area contributed by atoms with E-state index in [2.05, 4.69) is 38.9 Å². The van der Waals surface area contributed by atoms with Gasteiger partial charge in [-0.1, -0.05) is 6.07 Å². The largest absolute Gasteiger partial charge is 0.370 e. The van der Waals surface area contributed by atoms with Crippen LogP contribution in [-0.2, 0) is 13.6 Å². The molecule has 3 aromatic rings. The van der Waals surface area contributed by atoms with Crippen LogP contribution in [0.25, 0.3) is 10.6 Å². The second-order valence-corrected chi connectivity index (χ2v) is 7.36. The van der Waals surface area contributed by atoms with E-state index in [1.54, 1.807) is 11.3 Å². The van der Waals surface area contributed by atoms with E-state index in [-0.39, 0.29) is 5.82 Å². The van der Waals surface area contributed by atoms with Gasteiger partial charge in [0, 0.05) is 38.4 Å². The zero-order chi connectivity index (χ0) is 17.2. The van der Waals surface area contributed by atoms with Gasteiger partial charge >= 0.3 is 0 Å². The lowest BCUT2D eigenvalue weighted by Gasteiger charge is -2.18. The smallest absolute Gasteiger partial charge is 0.123 e. The molecule has 2 aromatic heterocycles. The molecule has 4 rings (SSSR count). The molecule has 4 nitrogen and oxygen atoms in total. The van der Waals surface area contributed by atoms with Crippen molar-refractivity contribution in [2.75, 3.05) is 18.0 Å². The molecule has 25 heavy (non-hydrogen) atoms. The van der Waals surface area contributed by atoms with Crippen LogP contribution in [0.15, 0.2) is 47.8 Å². The van der Waals surface area contributed by atoms with Crippen LogP contribution in [0.4, 0.5) is 10.1 Å². The summed E-state index contributed by atoms with van der Waals surface area (Å²) in [7, 11) is 1.99. The lowest BCUT2D eigenvalue weighted by Crippen LogP contribution is -2.32. The summed E-state index contributed by atoms with van der Waals surface area (Å²) < 4.78 is 15.0. The monoisotopic (exact) mass is 356 g/mol. The maximum Gasteiger partial charge on any atom is 0.123 e. The lowest BCUT2D eigenvalue weighted by molar-refractivity contribution is 0.541. The molecule has 1 unspecified atom stereocenters. The van der Waals surface area contributed by atoms with Crippen molar-refractivity contribution in [3.63, 3.8) is 0 Å². The van der Waals surface area contributed by atoms with E-state index in [1.807, 2.05) is 23.9 Å². The van der Waals surface area contributed by atoms with Gasteiger partial charge in [-0.25, -0.2) is 4.39 Å². The summed E-state index contributed by atoms with van der Waals surface area (Å²) in [5.41, 5.74) is 3.31. The Morgan fingerprint density at radius 3 is 2.88 bits per heavy atom. The van der Waals surface area contributed by atoms with E-state index in [4.69, 9.17) is 0 Å². The third-order valence-electron chi connectivity index (χ3n) is 4.66. The minimum atomic E-state index is -0.186. The third-order valence-corrected chi connectivity index (χ3v) is 5.55. The highest BCUT2D eigenvalue weighted by Gasteiger charge is 2.22. The lowest BCUT2D eigenvalue weighted by atomic mass is 10.2. The van der Waals surface area contributed by atoms with E-state index >= 15 is 0 Å². The zero-order valence-electron chi connectivity index (χ0n) is 14.2. The SMILES string of the molecule is Cn1nc(CNC2CCN(c3ccc(F)cc3)C2)cc1-c1cccs1. The van der Waals surface area contributed by atoms with Gasteiger partial charge in [0.1, 0.15) is 5.82 Å². The Kier molecular flexibility index (Phi) is 4.55. The summed E-state index contributed by atoms with van der Waals surface area (Å²) in [4.78, 5) is 3.54. The van der Waals surface area contributed by atoms with Crippen molar-refractivity contribution < 1.29 is 4.39 Å². The number of hydrogen-bond donors (Lipinski definition) is 1. The van der Waals surface area contributed by atoms with E-state index < -0.39 is 0 Å². The summed E-state index contributed by atoms with van der Waals surface area (Å²) >= 11 is 1.73. The Morgan fingerprint density at radius 2 is 2.12 bits per heavy atom. The molecule has 0 saturated carbocycles. The molecule has 130 valence electrons. The fraction of sp³-hybridized carbons (Fsp3) is 0.316. The number of rotatable bonds is 5. The van der Waals surface area contributed by atoms with Crippen molar-refractivity contribution in [3.05, 3.63) is 59.4 Å². The summed E-state index contributed by atoms with van der Waals surface area (Å²) in [5.74, 6) is -0.186. The molecule has 0 amide bonds. The van der Waals surface area contributed by atoms with Gasteiger partial charge in [-0.05, 0) is 48.2 Å². The highest BCUT2D eigenvalue weighted by Crippen LogP contribution is 2.25. The first-order chi connectivity index (χ1) is 12.2. The number of halogens is 1. The number of anilines is 1. The number of nitrogens with one attached hydrogen (secondary N) is 1. The van der Waals surface area contributed by atoms with Crippen LogP contribution in [-0.4, -0.2) is 28.9 Å². The van der Waals surface area contributed by atoms with Crippen molar-refractivity contribution in [1.82, 2.24) is 15.1 Å². The Morgan fingerprint density at radius 1 is 1.28 bits per heavy atom. The Labute approximate surface area is 150 Å². The van der Waals surface area contributed by atoms with Crippen LogP contribution >= 0.6 is 11.3 Å². The third kappa shape index (κ3) is 3.60. The van der Waals surface area contributed by atoms with Crippen molar-refractivity contribution in [3.8, 4) is 10.6 Å². The van der Waals surface area contributed by atoms with Crippen molar-refractivity contribution in [2.24, 2.45) is 7.05 Å². The number of thiophene rings is 1. The molecule has 1 N–H and O–H groups in total. The van der Waals surface area contributed by atoms with Gasteiger partial charge in [0.25, 0.3) is 0 Å². The van der Waals surface area contributed by atoms with Crippen molar-refractivity contribution in [2.45, 2.75) is 19.0 Å². The minimum absolute atomic E-state index is 0.186. The van der Waals surface area contributed by atoms with Crippen LogP contribution in [0, 0.1) is 5.82 Å². The second kappa shape index (κ2) is 6.98. The van der Waals surface area contributed by atoms with E-state index in [1.165, 1.54) is 17.0 Å². The molecule has 0 aliphatic carbocycles. The average molecular weight is 356 g/mol. The molecular formula is C19H21FN4S. The summed E-state index contributed by atoms with van der Waals surface area (Å²) in [5, 5.41) is 10.3. The van der Waals surface area contributed by atoms with Crippen LogP contribution in [0.2, 0.25) is 0 Å². The summed E-state index contributed by atoms with van der Waals surface area (Å²) in [6.07, 6.45) is 1.09. The Bertz CT molecular complexity index is 826. The fourth-order valence-corrected chi connectivity index (χ4v) is 4.10. The molecule has 1 atom stereocenters. The molecule has 1 aliphatic heterocycles. The first kappa shape index (κ1) is 16.3. The van der Waals surface area contributed by atoms with Crippen molar-refractivity contribution >= 4 is 17.0 Å². The number of aryl methyl sites for hydroxylation is 1. The molecular weight excluding hydrogens is 335 g/mol. The normalized spacial score (nSPS) is 17.4. The first-order valence-corrected chi connectivity index (χ1v) is 9.38. The molecule has 3 heterocycles. The zero-order valence-corrected chi connectivity index (χ0v) is 15.0. The molecule has 1 saturated heterocycles. The van der Waals surface area contributed by atoms with Crippen LogP contribution in [0.1, 0.15) is 12.1 Å². The molecule has 6 heteroatoms. The second-order valence-electron chi connectivity index (χ2n) is 6.41. The fourth-order valence-electron chi connectivity index (χ4n) is 3.33. The quantitative estimate of drug-likeness (QED) is 0.757. The number of aromatic nitrogens is 2. The minimum Gasteiger partial charge on any atom is -0.370 e. The van der Waals surface area contributed by atoms with Crippen LogP contribution in [0.5, 0.6) is 0 Å². The maximum absolute atomic E-state index is 13.1. The standard InChI is InChI=1S/C19H21FN4S/c1-23-18(19-3-2-10-25-19)11-16(22-23)12-21-15-8-9-24(13-15)17-6-4-14(20)5-7-17/h2-7,10-11,15,21H,8-9,12-13H2,1H3. The van der Waals surface area contributed by atoms with Gasteiger partial charge in [-0.15, -0.1) is 11.3 Å². The highest BCUT2D eigenvalue weighted by molar-refractivity contribution is 7.13. The number of benzene rings is 1. The maximum atomic E-state index is 13.1. The number of nitrogens with zero attached hydrogens (tertiary/aromatic N) is 3. The van der Waals surface area contributed by atoms with E-state index in [0.717, 1.165) is 43.1 Å². The summed E-state index contributed by atoms with van der Waals surface area (Å²) in [6.45, 7) is 2.70. The van der Waals surface area contributed by atoms with Gasteiger partial charge in [0.2, 0.25) is 0 Å². The molecule has 1 aromatic carbocycles. The van der Waals surface area contributed by atoms with E-state index in [0.29, 0.717) is 6.04 Å². The topological polar surface area (TPSA) is 33.1 Å². The summed E-state index contributed by atoms with van der Waals surface area (Å²) in [6, 6.07) is 13.5. The van der Waals surface area contributed by atoms with E-state index in [9.17, 15) is 4.39 Å². The molecule has 0 bridgehead atoms. The Balaban J connectivity index is 1.35. The molecule has 0 radical (unpaired) electrons. The molecule has 1 fully saturated rings. The molecule has 1 aliphatic rings. The van der Waals surface area contributed by atoms with Gasteiger partial charge in [-0.2, -0.15) is 5.10 Å². The first-order valence-electron chi connectivity index (χ1n) is 8.50. The van der Waals surface area contributed by atoms with Gasteiger partial charge in [0.05, 0.1) is 16.3 Å². The highest BCUT2D eigenvalue weighted by atomic mass is 32.1. The predicted octanol–water partition coefficient (Wildman–Crippen LogP) is 3.66. The van der Waals surface area contributed by atoms with Crippen molar-refractivity contribution in [1.29, 1.82) is 0 Å². The average Bonchev–Trinajstić information content (AvgIpc) is 3.34. The predicted molar refractivity (Wildman–Crippen MR) is 100 cm³/mol. The molecule has 0 spiro atoms. The van der Waals surface area contributed by atoms with Gasteiger partial charge < -0.3 is 10.2 Å².